The maximum Gasteiger partial charge on any atom is 0.251 e. The lowest BCUT2D eigenvalue weighted by molar-refractivity contribution is -0.134. The Morgan fingerprint density at radius 1 is 1.07 bits per heavy atom. The van der Waals surface area contributed by atoms with Crippen molar-refractivity contribution >= 4 is 11.8 Å². The van der Waals surface area contributed by atoms with Crippen LogP contribution in [0.1, 0.15) is 41.8 Å². The van der Waals surface area contributed by atoms with Crippen molar-refractivity contribution in [1.29, 1.82) is 0 Å². The van der Waals surface area contributed by atoms with Crippen LogP contribution in [-0.4, -0.2) is 29.3 Å². The van der Waals surface area contributed by atoms with Gasteiger partial charge in [0, 0.05) is 18.7 Å². The molecule has 0 unspecified atom stereocenters. The normalized spacial score (nSPS) is 14.6. The van der Waals surface area contributed by atoms with Crippen LogP contribution in [0.4, 0.5) is 4.39 Å². The molecule has 2 aromatic rings. The van der Waals surface area contributed by atoms with E-state index in [0.717, 1.165) is 12.0 Å². The van der Waals surface area contributed by atoms with Gasteiger partial charge in [-0.1, -0.05) is 38.1 Å². The SMILES string of the molecule is CC(C)C[C@@H](NC(=O)c1ccc(F)cc1)C(=O)N1CCc2ccccc2C1. The maximum absolute atomic E-state index is 13.1. The van der Waals surface area contributed by atoms with Crippen molar-refractivity contribution in [2.45, 2.75) is 39.3 Å². The molecule has 1 heterocycles. The molecule has 0 saturated carbocycles. The predicted octanol–water partition coefficient (Wildman–Crippen LogP) is 3.56. The zero-order valence-electron chi connectivity index (χ0n) is 15.7. The summed E-state index contributed by atoms with van der Waals surface area (Å²) in [6.45, 7) is 5.26. The molecule has 1 aliphatic rings. The number of rotatable bonds is 5. The molecule has 0 aromatic heterocycles. The summed E-state index contributed by atoms with van der Waals surface area (Å²) < 4.78 is 13.1. The van der Waals surface area contributed by atoms with E-state index in [-0.39, 0.29) is 17.7 Å². The van der Waals surface area contributed by atoms with Crippen molar-refractivity contribution in [2.24, 2.45) is 5.92 Å². The van der Waals surface area contributed by atoms with Crippen LogP contribution in [0.3, 0.4) is 0 Å². The van der Waals surface area contributed by atoms with Crippen LogP contribution in [-0.2, 0) is 17.8 Å². The summed E-state index contributed by atoms with van der Waals surface area (Å²) in [6.07, 6.45) is 1.38. The van der Waals surface area contributed by atoms with Crippen LogP contribution in [0.25, 0.3) is 0 Å². The van der Waals surface area contributed by atoms with Gasteiger partial charge in [0.05, 0.1) is 0 Å². The molecule has 1 atom stereocenters. The minimum Gasteiger partial charge on any atom is -0.340 e. The van der Waals surface area contributed by atoms with E-state index in [4.69, 9.17) is 0 Å². The number of halogens is 1. The van der Waals surface area contributed by atoms with Crippen LogP contribution >= 0.6 is 0 Å². The molecule has 4 nitrogen and oxygen atoms in total. The van der Waals surface area contributed by atoms with Crippen molar-refractivity contribution < 1.29 is 14.0 Å². The molecule has 3 rings (SSSR count). The second-order valence-electron chi connectivity index (χ2n) is 7.44. The average molecular weight is 368 g/mol. The molecule has 0 bridgehead atoms. The lowest BCUT2D eigenvalue weighted by atomic mass is 9.97. The lowest BCUT2D eigenvalue weighted by Gasteiger charge is -2.32. The zero-order chi connectivity index (χ0) is 19.4. The van der Waals surface area contributed by atoms with Gasteiger partial charge >= 0.3 is 0 Å². The Morgan fingerprint density at radius 3 is 2.41 bits per heavy atom. The Balaban J connectivity index is 1.73. The molecule has 2 aromatic carbocycles. The third-order valence-electron chi connectivity index (χ3n) is 4.86. The number of fused-ring (bicyclic) bond motifs is 1. The van der Waals surface area contributed by atoms with Gasteiger partial charge in [0.15, 0.2) is 0 Å². The zero-order valence-corrected chi connectivity index (χ0v) is 15.7. The van der Waals surface area contributed by atoms with Gasteiger partial charge in [0.25, 0.3) is 5.91 Å². The number of nitrogens with one attached hydrogen (secondary N) is 1. The van der Waals surface area contributed by atoms with Gasteiger partial charge in [-0.25, -0.2) is 4.39 Å². The summed E-state index contributed by atoms with van der Waals surface area (Å²) >= 11 is 0. The number of hydrogen-bond acceptors (Lipinski definition) is 2. The van der Waals surface area contributed by atoms with Gasteiger partial charge in [0.2, 0.25) is 5.91 Å². The minimum absolute atomic E-state index is 0.0614. The Morgan fingerprint density at radius 2 is 1.74 bits per heavy atom. The fraction of sp³-hybridized carbons (Fsp3) is 0.364. The Kier molecular flexibility index (Phi) is 5.89. The van der Waals surface area contributed by atoms with E-state index in [1.807, 2.05) is 36.9 Å². The third kappa shape index (κ3) is 4.73. The summed E-state index contributed by atoms with van der Waals surface area (Å²) in [7, 11) is 0. The number of amides is 2. The second kappa shape index (κ2) is 8.33. The highest BCUT2D eigenvalue weighted by molar-refractivity contribution is 5.97. The molecule has 0 fully saturated rings. The molecule has 142 valence electrons. The van der Waals surface area contributed by atoms with Gasteiger partial charge < -0.3 is 10.2 Å². The smallest absolute Gasteiger partial charge is 0.251 e. The van der Waals surface area contributed by atoms with Gasteiger partial charge in [-0.15, -0.1) is 0 Å². The highest BCUT2D eigenvalue weighted by Crippen LogP contribution is 2.20. The number of carbonyl (C=O) groups excluding carboxylic acids is 2. The van der Waals surface area contributed by atoms with Crippen molar-refractivity contribution in [3.63, 3.8) is 0 Å². The first-order valence-electron chi connectivity index (χ1n) is 9.36. The van der Waals surface area contributed by atoms with Gasteiger partial charge in [-0.3, -0.25) is 9.59 Å². The van der Waals surface area contributed by atoms with Crippen LogP contribution < -0.4 is 5.32 Å². The van der Waals surface area contributed by atoms with E-state index in [0.29, 0.717) is 25.1 Å². The van der Waals surface area contributed by atoms with Crippen molar-refractivity contribution in [3.05, 3.63) is 71.0 Å². The van der Waals surface area contributed by atoms with Crippen molar-refractivity contribution in [1.82, 2.24) is 10.2 Å². The Hall–Kier alpha value is -2.69. The summed E-state index contributed by atoms with van der Waals surface area (Å²) in [4.78, 5) is 27.5. The summed E-state index contributed by atoms with van der Waals surface area (Å²) in [5.74, 6) is -0.557. The highest BCUT2D eigenvalue weighted by Gasteiger charge is 2.29. The first-order chi connectivity index (χ1) is 12.9. The fourth-order valence-electron chi connectivity index (χ4n) is 3.44. The molecule has 1 N–H and O–H groups in total. The van der Waals surface area contributed by atoms with Gasteiger partial charge in [-0.2, -0.15) is 0 Å². The van der Waals surface area contributed by atoms with Crippen LogP contribution in [0, 0.1) is 11.7 Å². The van der Waals surface area contributed by atoms with Gasteiger partial charge in [-0.05, 0) is 54.2 Å². The highest BCUT2D eigenvalue weighted by atomic mass is 19.1. The molecule has 0 aliphatic carbocycles. The Labute approximate surface area is 159 Å². The monoisotopic (exact) mass is 368 g/mol. The first kappa shape index (κ1) is 19.1. The van der Waals surface area contributed by atoms with E-state index >= 15 is 0 Å². The number of benzene rings is 2. The number of hydrogen-bond donors (Lipinski definition) is 1. The molecular weight excluding hydrogens is 343 g/mol. The van der Waals surface area contributed by atoms with E-state index in [2.05, 4.69) is 11.4 Å². The van der Waals surface area contributed by atoms with Crippen molar-refractivity contribution in [2.75, 3.05) is 6.54 Å². The molecule has 0 spiro atoms. The van der Waals surface area contributed by atoms with Crippen LogP contribution in [0.2, 0.25) is 0 Å². The summed E-state index contributed by atoms with van der Waals surface area (Å²) in [5, 5.41) is 2.85. The molecular formula is C22H25FN2O2. The maximum atomic E-state index is 13.1. The topological polar surface area (TPSA) is 49.4 Å². The summed E-state index contributed by atoms with van der Waals surface area (Å²) in [6, 6.07) is 12.9. The van der Waals surface area contributed by atoms with E-state index in [9.17, 15) is 14.0 Å². The van der Waals surface area contributed by atoms with Crippen LogP contribution in [0.5, 0.6) is 0 Å². The number of nitrogens with zero attached hydrogens (tertiary/aromatic N) is 1. The Bertz CT molecular complexity index is 817. The molecule has 0 radical (unpaired) electrons. The standard InChI is InChI=1S/C22H25FN2O2/c1-15(2)13-20(24-21(26)17-7-9-19(23)10-8-17)22(27)25-12-11-16-5-3-4-6-18(16)14-25/h3-10,15,20H,11-14H2,1-2H3,(H,24,26)/t20-/m1/s1. The fourth-order valence-corrected chi connectivity index (χ4v) is 3.44. The largest absolute Gasteiger partial charge is 0.340 e. The van der Waals surface area contributed by atoms with Gasteiger partial charge in [0.1, 0.15) is 11.9 Å². The minimum atomic E-state index is -0.590. The van der Waals surface area contributed by atoms with E-state index < -0.39 is 11.9 Å². The molecule has 27 heavy (non-hydrogen) atoms. The van der Waals surface area contributed by atoms with Crippen molar-refractivity contribution in [3.8, 4) is 0 Å². The third-order valence-corrected chi connectivity index (χ3v) is 4.86. The lowest BCUT2D eigenvalue weighted by Crippen LogP contribution is -2.50. The van der Waals surface area contributed by atoms with E-state index in [1.165, 1.54) is 29.8 Å². The molecule has 1 aliphatic heterocycles. The van der Waals surface area contributed by atoms with Crippen LogP contribution in [0.15, 0.2) is 48.5 Å². The average Bonchev–Trinajstić information content (AvgIpc) is 2.66. The second-order valence-corrected chi connectivity index (χ2v) is 7.44. The molecule has 0 saturated heterocycles. The number of carbonyl (C=O) groups is 2. The summed E-state index contributed by atoms with van der Waals surface area (Å²) in [5.41, 5.74) is 2.78. The molecule has 5 heteroatoms. The molecule has 2 amide bonds. The van der Waals surface area contributed by atoms with E-state index in [1.54, 1.807) is 0 Å². The quantitative estimate of drug-likeness (QED) is 0.877. The first-order valence-corrected chi connectivity index (χ1v) is 9.36. The predicted molar refractivity (Wildman–Crippen MR) is 103 cm³/mol.